The number of Topliss-reactive ketones (excluding diaryl/α,β-unsaturated/α-hetero) is 2. The summed E-state index contributed by atoms with van der Waals surface area (Å²) >= 11 is 0. The number of hydrogen-bond donors (Lipinski definition) is 10. The molecule has 0 radical (unpaired) electrons. The molecule has 23 unspecified atom stereocenters. The molecule has 15 nitrogen and oxygen atoms in total. The first kappa shape index (κ1) is 58.7. The molecule has 454 valence electrons. The number of phenols is 1. The zero-order valence-electron chi connectivity index (χ0n) is 49.3. The lowest BCUT2D eigenvalue weighted by Crippen LogP contribution is -2.72. The molecule has 11 aliphatic rings. The number of aromatic amines is 1. The van der Waals surface area contributed by atoms with Crippen LogP contribution in [0.5, 0.6) is 5.75 Å². The number of phenolic OH excluding ortho intramolecular Hbond substituents is 1. The second-order valence-corrected chi connectivity index (χ2v) is 31.8. The van der Waals surface area contributed by atoms with E-state index in [2.05, 4.69) is 49.0 Å². The molecule has 2 saturated heterocycles. The largest absolute Gasteiger partial charge is 0.508 e. The van der Waals surface area contributed by atoms with Crippen LogP contribution in [0.4, 0.5) is 0 Å². The molecule has 12 N–H and O–H groups in total. The Morgan fingerprint density at radius 2 is 1.68 bits per heavy atom. The molecule has 1 aromatic heterocycles. The molecule has 2 aliphatic heterocycles. The molecule has 84 heavy (non-hydrogen) atoms. The smallest absolute Gasteiger partial charge is 0.313 e. The van der Waals surface area contributed by atoms with Gasteiger partial charge in [0, 0.05) is 84.2 Å². The molecule has 9 aliphatic carbocycles. The lowest BCUT2D eigenvalue weighted by atomic mass is 9.37. The number of cyclic esters (lactones) is 1. The number of benzene rings is 1. The van der Waals surface area contributed by atoms with E-state index in [1.807, 2.05) is 37.5 Å². The van der Waals surface area contributed by atoms with E-state index in [0.29, 0.717) is 67.9 Å². The summed E-state index contributed by atoms with van der Waals surface area (Å²) in [6, 6.07) is 8.87. The Hall–Kier alpha value is -4.28. The fraction of sp³-hybridized carbons (Fsp3) is 0.701. The monoisotopic (exact) mass is 1190 g/mol. The van der Waals surface area contributed by atoms with Crippen LogP contribution in [0.1, 0.15) is 147 Å². The van der Waals surface area contributed by atoms with Crippen LogP contribution in [0.3, 0.4) is 0 Å². The Labute approximate surface area is 502 Å². The number of guanidine groups is 1. The number of hydrogen-bond acceptors (Lipinski definition) is 14. The van der Waals surface area contributed by atoms with Crippen LogP contribution >= 0.6 is 21.6 Å². The number of ketones is 2. The van der Waals surface area contributed by atoms with Crippen molar-refractivity contribution in [3.63, 3.8) is 0 Å². The molecule has 6 bridgehead atoms. The van der Waals surface area contributed by atoms with Gasteiger partial charge in [-0.3, -0.25) is 19.4 Å². The molecule has 17 heteroatoms. The van der Waals surface area contributed by atoms with Gasteiger partial charge in [-0.15, -0.1) is 5.92 Å². The number of H-pyrrole nitrogens is 1. The maximum absolute atomic E-state index is 16.3. The molecule has 8 fully saturated rings. The van der Waals surface area contributed by atoms with Crippen LogP contribution in [0.15, 0.2) is 70.6 Å². The molecule has 13 rings (SSSR count). The highest BCUT2D eigenvalue weighted by atomic mass is 33.1. The number of aliphatic hydroxyl groups excluding tert-OH is 2. The van der Waals surface area contributed by atoms with E-state index in [9.17, 15) is 35.1 Å². The number of ether oxygens (including phenoxy) is 1. The number of rotatable bonds is 5. The van der Waals surface area contributed by atoms with Gasteiger partial charge in [-0.1, -0.05) is 72.1 Å². The minimum Gasteiger partial charge on any atom is -0.508 e. The van der Waals surface area contributed by atoms with Gasteiger partial charge in [-0.2, -0.15) is 0 Å². The number of aliphatic hydroxyl groups is 5. The first-order chi connectivity index (χ1) is 40.0. The predicted molar refractivity (Wildman–Crippen MR) is 323 cm³/mol. The highest BCUT2D eigenvalue weighted by molar-refractivity contribution is 8.76. The summed E-state index contributed by atoms with van der Waals surface area (Å²) in [5, 5.41) is 82.1. The molecule has 23 atom stereocenters. The Bertz CT molecular complexity index is 3080. The average molecular weight is 1190 g/mol. The first-order valence-electron chi connectivity index (χ1n) is 31.7. The zero-order valence-corrected chi connectivity index (χ0v) is 50.9. The van der Waals surface area contributed by atoms with Gasteiger partial charge < -0.3 is 57.1 Å². The molecular weight excluding hydrogens is 1100 g/mol. The zero-order chi connectivity index (χ0) is 59.0. The van der Waals surface area contributed by atoms with Crippen molar-refractivity contribution in [2.24, 2.45) is 110 Å². The third-order valence-electron chi connectivity index (χ3n) is 25.2. The van der Waals surface area contributed by atoms with Gasteiger partial charge in [0.25, 0.3) is 0 Å². The van der Waals surface area contributed by atoms with Crippen molar-refractivity contribution >= 4 is 45.1 Å². The molecule has 2 aromatic rings. The average Bonchev–Trinajstić information content (AvgIpc) is 1.49. The number of nitrogens with one attached hydrogen (secondary N) is 2. The summed E-state index contributed by atoms with van der Waals surface area (Å²) in [7, 11) is 3.11. The number of nitrogens with two attached hydrogens (primary N) is 2. The van der Waals surface area contributed by atoms with Crippen LogP contribution in [0.25, 0.3) is 0 Å². The molecule has 3 heterocycles. The van der Waals surface area contributed by atoms with Crippen molar-refractivity contribution in [1.29, 1.82) is 0 Å². The van der Waals surface area contributed by atoms with Gasteiger partial charge in [0.1, 0.15) is 5.75 Å². The molecular formula is C67H89N5O10S2. The summed E-state index contributed by atoms with van der Waals surface area (Å²) in [5.41, 5.74) is 8.52. The van der Waals surface area contributed by atoms with E-state index in [1.54, 1.807) is 22.9 Å². The molecule has 2 spiro atoms. The fourth-order valence-electron chi connectivity index (χ4n) is 21.8. The Kier molecular flexibility index (Phi) is 15.0. The number of aromatic nitrogens is 1. The highest BCUT2D eigenvalue weighted by Gasteiger charge is 2.80. The Morgan fingerprint density at radius 1 is 0.893 bits per heavy atom. The summed E-state index contributed by atoms with van der Waals surface area (Å²) in [6.45, 7) is 8.71. The number of esters is 1. The van der Waals surface area contributed by atoms with Crippen molar-refractivity contribution in [3.05, 3.63) is 76.8 Å². The maximum atomic E-state index is 16.3. The van der Waals surface area contributed by atoms with Gasteiger partial charge in [0.05, 0.1) is 53.8 Å². The number of aromatic hydroxyl groups is 1. The Balaban J connectivity index is 1.01. The third-order valence-corrected chi connectivity index (χ3v) is 27.7. The minimum atomic E-state index is -1.87. The number of carbonyl (C=O) groups is 3. The van der Waals surface area contributed by atoms with Crippen LogP contribution in [-0.2, 0) is 19.1 Å². The minimum absolute atomic E-state index is 0.0509. The topological polar surface area (TPSA) is 274 Å². The lowest BCUT2D eigenvalue weighted by molar-refractivity contribution is -0.252. The third kappa shape index (κ3) is 8.98. The van der Waals surface area contributed by atoms with Crippen molar-refractivity contribution in [2.45, 2.75) is 165 Å². The normalized spacial score (nSPS) is 47.2. The number of allylic oxidation sites excluding steroid dienone is 3. The Morgan fingerprint density at radius 3 is 2.44 bits per heavy atom. The summed E-state index contributed by atoms with van der Waals surface area (Å²) in [5.74, 6) is 3.53. The lowest BCUT2D eigenvalue weighted by Gasteiger charge is -2.69. The van der Waals surface area contributed by atoms with Crippen molar-refractivity contribution in [3.8, 4) is 17.6 Å². The highest BCUT2D eigenvalue weighted by Crippen LogP contribution is 2.78. The quantitative estimate of drug-likeness (QED) is 0.0344. The van der Waals surface area contributed by atoms with Crippen LogP contribution in [0, 0.1) is 105 Å². The SMILES string of the molecule is CC1CCC2=CCC3C(C)CC4(O)CCC3(CC(C3COC(=O)C3c3cc[nH]c3)C#CCC3CC5(O)C6=C7NCC(=O)CC(c8ccc(O)cc8)CSSCC8C(O)C(O)CC(C)(C6C6CCC(CN=C(N)N)C5(C6)C3C4(C)O)C8C7=O)C2C1. The van der Waals surface area contributed by atoms with Gasteiger partial charge in [0.2, 0.25) is 0 Å². The number of aliphatic imine (C=N–C) groups is 1. The second-order valence-electron chi connectivity index (χ2n) is 29.2. The van der Waals surface area contributed by atoms with Crippen molar-refractivity contribution in [2.75, 3.05) is 31.2 Å². The van der Waals surface area contributed by atoms with E-state index in [1.165, 1.54) is 16.4 Å². The van der Waals surface area contributed by atoms with E-state index in [0.717, 1.165) is 36.8 Å². The van der Waals surface area contributed by atoms with Crippen LogP contribution in [-0.4, -0.2) is 119 Å². The van der Waals surface area contributed by atoms with E-state index < -0.39 is 81.3 Å². The maximum Gasteiger partial charge on any atom is 0.313 e. The first-order valence-corrected chi connectivity index (χ1v) is 34.2. The standard InChI is InChI=1S/C67H89N5O10S2/c1-35-8-9-38-13-17-49-36(2)24-65(80)20-19-64(49,50(38)22-35)25-39(47-32-82-60(78)52(47)42-18-21-70-29-42)6-5-7-41-27-67(81)55-53(40-10-14-44(30-72-61(68)69)66(67,26-40)59(41)63(65,4)79)62(3)28-51(75)57(76)48-34-84-83-33-43(37-11-15-45(73)16-12-37)23-46(74)31-71-56(55)58(77)54(48)62/h11-13,15-16,18,21,29,35-36,39-41,43-44,47-54,57,59,70-71,73,75-76,79-81H,7-10,14,17,19-20,22-28,30-34H2,1-4H3,(H4,68,69,72). The van der Waals surface area contributed by atoms with Gasteiger partial charge in [0.15, 0.2) is 17.5 Å². The van der Waals surface area contributed by atoms with E-state index >= 15 is 9.90 Å². The molecule has 6 saturated carbocycles. The number of nitrogens with zero attached hydrogens (tertiary/aromatic N) is 1. The second kappa shape index (κ2) is 21.5. The molecule has 1 aromatic carbocycles. The fourth-order valence-corrected chi connectivity index (χ4v) is 24.6. The van der Waals surface area contributed by atoms with Gasteiger partial charge in [-0.25, -0.2) is 0 Å². The van der Waals surface area contributed by atoms with Gasteiger partial charge >= 0.3 is 5.97 Å². The number of carbonyl (C=O) groups excluding carboxylic acids is 3. The van der Waals surface area contributed by atoms with Crippen molar-refractivity contribution in [1.82, 2.24) is 10.3 Å². The van der Waals surface area contributed by atoms with E-state index in [-0.39, 0.29) is 127 Å². The number of fused-ring (bicyclic) bond motifs is 10. The van der Waals surface area contributed by atoms with Crippen LogP contribution < -0.4 is 16.8 Å². The molecule has 0 amide bonds. The van der Waals surface area contributed by atoms with Crippen molar-refractivity contribution < 1.29 is 49.8 Å². The van der Waals surface area contributed by atoms with E-state index in [4.69, 9.17) is 21.2 Å². The summed E-state index contributed by atoms with van der Waals surface area (Å²) in [6.07, 6.45) is 12.1. The van der Waals surface area contributed by atoms with Crippen LogP contribution in [0.2, 0.25) is 0 Å². The van der Waals surface area contributed by atoms with Gasteiger partial charge in [-0.05, 0) is 183 Å². The predicted octanol–water partition coefficient (Wildman–Crippen LogP) is 7.66. The summed E-state index contributed by atoms with van der Waals surface area (Å²) < 4.78 is 6.06. The summed E-state index contributed by atoms with van der Waals surface area (Å²) in [4.78, 5) is 53.0.